The van der Waals surface area contributed by atoms with E-state index in [1.165, 1.54) is 40.7 Å². The van der Waals surface area contributed by atoms with E-state index in [0.29, 0.717) is 34.8 Å². The molecule has 1 saturated heterocycles. The molecule has 0 bridgehead atoms. The van der Waals surface area contributed by atoms with Gasteiger partial charge in [0, 0.05) is 31.8 Å². The van der Waals surface area contributed by atoms with Gasteiger partial charge in [-0.05, 0) is 63.2 Å². The summed E-state index contributed by atoms with van der Waals surface area (Å²) < 4.78 is 64.7. The van der Waals surface area contributed by atoms with Gasteiger partial charge in [-0.1, -0.05) is 11.3 Å². The Labute approximate surface area is 225 Å². The predicted octanol–water partition coefficient (Wildman–Crippen LogP) is 1.93. The maximum atomic E-state index is 13.1. The van der Waals surface area contributed by atoms with E-state index in [1.54, 1.807) is 10.6 Å². The van der Waals surface area contributed by atoms with Crippen molar-refractivity contribution in [1.29, 1.82) is 0 Å². The summed E-state index contributed by atoms with van der Waals surface area (Å²) in [5.74, 6) is -0.564. The molecular formula is C24H30N4O7S3. The van der Waals surface area contributed by atoms with Crippen molar-refractivity contribution in [2.24, 2.45) is 10.1 Å². The molecule has 1 fully saturated rings. The average Bonchev–Trinajstić information content (AvgIpc) is 3.19. The van der Waals surface area contributed by atoms with Gasteiger partial charge in [-0.3, -0.25) is 4.79 Å². The molecule has 1 aliphatic rings. The number of primary sulfonamides is 1. The summed E-state index contributed by atoms with van der Waals surface area (Å²) in [5, 5.41) is 5.27. The number of aromatic nitrogens is 1. The van der Waals surface area contributed by atoms with Crippen LogP contribution in [0.1, 0.15) is 31.1 Å². The standard InChI is InChI=1S/C24H30N4O7S3/c1-4-34-12-11-28-21-10-9-20(37(25,30)31)13-22(21)36-24(28)26-23(29)18-5-7-19(8-6-18)38(32,33)27-14-16(2)35-17(3)15-27/h5-10,13,16-17H,4,11-12,14-15H2,1-3H3,(H2,25,30,31)/t16-,17+. The lowest BCUT2D eigenvalue weighted by Crippen LogP contribution is -2.48. The predicted molar refractivity (Wildman–Crippen MR) is 143 cm³/mol. The molecule has 11 nitrogen and oxygen atoms in total. The van der Waals surface area contributed by atoms with Crippen LogP contribution in [0, 0.1) is 0 Å². The Kier molecular flexibility index (Phi) is 8.52. The van der Waals surface area contributed by atoms with Crippen molar-refractivity contribution in [1.82, 2.24) is 8.87 Å². The molecule has 0 spiro atoms. The second-order valence-corrected chi connectivity index (χ2v) is 13.4. The van der Waals surface area contributed by atoms with E-state index >= 15 is 0 Å². The quantitative estimate of drug-likeness (QED) is 0.399. The van der Waals surface area contributed by atoms with E-state index in [0.717, 1.165) is 11.3 Å². The number of sulfonamides is 2. The van der Waals surface area contributed by atoms with Crippen LogP contribution in [0.15, 0.2) is 57.2 Å². The Morgan fingerprint density at radius 1 is 1.08 bits per heavy atom. The third-order valence-electron chi connectivity index (χ3n) is 5.97. The number of nitrogens with two attached hydrogens (primary N) is 1. The Hall–Kier alpha value is -2.46. The van der Waals surface area contributed by atoms with Crippen LogP contribution in [0.25, 0.3) is 10.2 Å². The number of hydrogen-bond acceptors (Lipinski definition) is 8. The highest BCUT2D eigenvalue weighted by molar-refractivity contribution is 7.89. The van der Waals surface area contributed by atoms with Gasteiger partial charge in [0.15, 0.2) is 4.80 Å². The summed E-state index contributed by atoms with van der Waals surface area (Å²) in [6.45, 7) is 7.30. The number of morpholine rings is 1. The van der Waals surface area contributed by atoms with E-state index in [-0.39, 0.29) is 40.7 Å². The van der Waals surface area contributed by atoms with Crippen molar-refractivity contribution in [3.8, 4) is 0 Å². The number of hydrogen-bond donors (Lipinski definition) is 1. The minimum absolute atomic E-state index is 0.0399. The Morgan fingerprint density at radius 3 is 2.32 bits per heavy atom. The van der Waals surface area contributed by atoms with Crippen molar-refractivity contribution in [2.45, 2.75) is 49.3 Å². The lowest BCUT2D eigenvalue weighted by molar-refractivity contribution is -0.0440. The smallest absolute Gasteiger partial charge is 0.279 e. The highest BCUT2D eigenvalue weighted by Gasteiger charge is 2.32. The molecule has 0 aliphatic carbocycles. The van der Waals surface area contributed by atoms with Gasteiger partial charge in [0.2, 0.25) is 20.0 Å². The first kappa shape index (κ1) is 28.5. The van der Waals surface area contributed by atoms with E-state index in [1.807, 2.05) is 20.8 Å². The van der Waals surface area contributed by atoms with Crippen LogP contribution in [0.3, 0.4) is 0 Å². The van der Waals surface area contributed by atoms with Crippen LogP contribution < -0.4 is 9.94 Å². The second kappa shape index (κ2) is 11.3. The molecule has 1 aromatic heterocycles. The highest BCUT2D eigenvalue weighted by Crippen LogP contribution is 2.23. The Balaban J connectivity index is 1.66. The Bertz CT molecular complexity index is 1600. The highest BCUT2D eigenvalue weighted by atomic mass is 32.2. The van der Waals surface area contributed by atoms with Gasteiger partial charge in [0.25, 0.3) is 5.91 Å². The normalized spacial score (nSPS) is 19.7. The Morgan fingerprint density at radius 2 is 1.71 bits per heavy atom. The largest absolute Gasteiger partial charge is 0.380 e. The summed E-state index contributed by atoms with van der Waals surface area (Å²) in [6, 6.07) is 10.1. The molecule has 38 heavy (non-hydrogen) atoms. The van der Waals surface area contributed by atoms with Gasteiger partial charge >= 0.3 is 0 Å². The molecule has 2 heterocycles. The lowest BCUT2D eigenvalue weighted by atomic mass is 10.2. The third kappa shape index (κ3) is 6.22. The van der Waals surface area contributed by atoms with E-state index < -0.39 is 26.0 Å². The summed E-state index contributed by atoms with van der Waals surface area (Å²) in [7, 11) is -7.65. The minimum Gasteiger partial charge on any atom is -0.380 e. The number of fused-ring (bicyclic) bond motifs is 1. The van der Waals surface area contributed by atoms with Crippen LogP contribution in [0.5, 0.6) is 0 Å². The zero-order chi connectivity index (χ0) is 27.7. The summed E-state index contributed by atoms with van der Waals surface area (Å²) in [5.41, 5.74) is 0.899. The molecule has 0 unspecified atom stereocenters. The zero-order valence-electron chi connectivity index (χ0n) is 21.2. The van der Waals surface area contributed by atoms with Crippen LogP contribution in [-0.4, -0.2) is 70.1 Å². The van der Waals surface area contributed by atoms with Crippen molar-refractivity contribution in [3.63, 3.8) is 0 Å². The van der Waals surface area contributed by atoms with Crippen molar-refractivity contribution >= 4 is 47.5 Å². The van der Waals surface area contributed by atoms with E-state index in [2.05, 4.69) is 4.99 Å². The molecule has 4 rings (SSSR count). The summed E-state index contributed by atoms with van der Waals surface area (Å²) >= 11 is 1.15. The molecular weight excluding hydrogens is 552 g/mol. The van der Waals surface area contributed by atoms with Gasteiger partial charge in [-0.15, -0.1) is 0 Å². The maximum Gasteiger partial charge on any atom is 0.279 e. The van der Waals surface area contributed by atoms with Crippen LogP contribution in [-0.2, 0) is 36.1 Å². The first-order valence-electron chi connectivity index (χ1n) is 12.0. The van der Waals surface area contributed by atoms with E-state index in [4.69, 9.17) is 14.6 Å². The number of thiazole rings is 1. The molecule has 0 saturated carbocycles. The van der Waals surface area contributed by atoms with Crippen molar-refractivity contribution in [3.05, 3.63) is 52.8 Å². The molecule has 0 radical (unpaired) electrons. The maximum absolute atomic E-state index is 13.1. The minimum atomic E-state index is -3.90. The third-order valence-corrected chi connectivity index (χ3v) is 9.77. The second-order valence-electron chi connectivity index (χ2n) is 8.93. The van der Waals surface area contributed by atoms with Crippen LogP contribution in [0.2, 0.25) is 0 Å². The van der Waals surface area contributed by atoms with Gasteiger partial charge in [0.05, 0.1) is 38.8 Å². The molecule has 2 aromatic carbocycles. The van der Waals surface area contributed by atoms with Crippen LogP contribution in [0.4, 0.5) is 0 Å². The first-order valence-corrected chi connectivity index (χ1v) is 15.8. The molecule has 2 N–H and O–H groups in total. The number of benzene rings is 2. The number of carbonyl (C=O) groups excluding carboxylic acids is 1. The van der Waals surface area contributed by atoms with Gasteiger partial charge in [0.1, 0.15) is 0 Å². The average molecular weight is 583 g/mol. The number of carbonyl (C=O) groups is 1. The fourth-order valence-electron chi connectivity index (χ4n) is 4.23. The lowest BCUT2D eigenvalue weighted by Gasteiger charge is -2.34. The molecule has 2 atom stereocenters. The monoisotopic (exact) mass is 582 g/mol. The first-order chi connectivity index (χ1) is 17.9. The fraction of sp³-hybridized carbons (Fsp3) is 0.417. The van der Waals surface area contributed by atoms with Crippen molar-refractivity contribution < 1.29 is 31.1 Å². The van der Waals surface area contributed by atoms with Gasteiger partial charge in [-0.2, -0.15) is 9.30 Å². The molecule has 1 amide bonds. The van der Waals surface area contributed by atoms with Gasteiger partial charge < -0.3 is 14.0 Å². The number of ether oxygens (including phenoxy) is 2. The summed E-state index contributed by atoms with van der Waals surface area (Å²) in [6.07, 6.45) is -0.435. The molecule has 14 heteroatoms. The molecule has 206 valence electrons. The topological polar surface area (TPSA) is 150 Å². The SMILES string of the molecule is CCOCCn1c(=NC(=O)c2ccc(S(=O)(=O)N3C[C@@H](C)O[C@@H](C)C3)cc2)sc2cc(S(N)(=O)=O)ccc21. The zero-order valence-corrected chi connectivity index (χ0v) is 23.7. The molecule has 1 aliphatic heterocycles. The van der Waals surface area contributed by atoms with E-state index in [9.17, 15) is 21.6 Å². The summed E-state index contributed by atoms with van der Waals surface area (Å²) in [4.78, 5) is 17.7. The number of rotatable bonds is 8. The van der Waals surface area contributed by atoms with Crippen LogP contribution >= 0.6 is 11.3 Å². The van der Waals surface area contributed by atoms with Gasteiger partial charge in [-0.25, -0.2) is 22.0 Å². The number of nitrogens with zero attached hydrogens (tertiary/aromatic N) is 3. The fourth-order valence-corrected chi connectivity index (χ4v) is 7.53. The van der Waals surface area contributed by atoms with Crippen molar-refractivity contribution in [2.75, 3.05) is 26.3 Å². The molecule has 3 aromatic rings. The number of amides is 1.